The molecule has 16 bridgehead atoms. The molecular weight excluding hydrogens is 1320 g/mol. The predicted octanol–water partition coefficient (Wildman–Crippen LogP) is 15.1. The molecule has 19 atom stereocenters. The molecule has 0 aromatic heterocycles. The Balaban J connectivity index is 0.892. The van der Waals surface area contributed by atoms with Gasteiger partial charge in [0.05, 0.1) is 13.2 Å². The largest absolute Gasteiger partial charge is 0.508 e. The molecule has 18 rings (SSSR count). The molecule has 8 aromatic rings. The summed E-state index contributed by atoms with van der Waals surface area (Å²) in [7, 11) is 8.51. The van der Waals surface area contributed by atoms with Crippen molar-refractivity contribution in [3.63, 3.8) is 0 Å². The lowest BCUT2D eigenvalue weighted by Gasteiger charge is -2.66. The summed E-state index contributed by atoms with van der Waals surface area (Å²) in [6, 6.07) is 50.2. The summed E-state index contributed by atoms with van der Waals surface area (Å²) in [5, 5.41) is 69.4. The molecule has 3 heterocycles. The van der Waals surface area contributed by atoms with E-state index in [4.69, 9.17) is 18.9 Å². The van der Waals surface area contributed by atoms with E-state index in [9.17, 15) is 30.3 Å². The zero-order chi connectivity index (χ0) is 67.2. The Kier molecular flexibility index (Phi) is 16.4. The first-order valence-electron chi connectivity index (χ1n) is 35.6. The molecule has 5 fully saturated rings. The lowest BCUT2D eigenvalue weighted by molar-refractivity contribution is -0.191. The van der Waals surface area contributed by atoms with Crippen molar-refractivity contribution >= 4 is 76.7 Å². The molecule has 1 spiro atoms. The van der Waals surface area contributed by atoms with E-state index in [1.54, 1.807) is 24.0 Å². The predicted molar refractivity (Wildman–Crippen MR) is 392 cm³/mol. The molecule has 3 aliphatic heterocycles. The van der Waals surface area contributed by atoms with E-state index in [1.165, 1.54) is 28.8 Å². The monoisotopic (exact) mass is 1400 g/mol. The molecule has 8 aromatic carbocycles. The van der Waals surface area contributed by atoms with Gasteiger partial charge in [0.1, 0.15) is 35.4 Å². The van der Waals surface area contributed by atoms with Crippen LogP contribution in [0.3, 0.4) is 0 Å². The van der Waals surface area contributed by atoms with Gasteiger partial charge in [-0.3, -0.25) is 9.59 Å². The summed E-state index contributed by atoms with van der Waals surface area (Å²) >= 11 is 0. The number of aliphatic hydroxyl groups is 2. The first-order valence-corrected chi connectivity index (χ1v) is 40.3. The van der Waals surface area contributed by atoms with E-state index in [-0.39, 0.29) is 95.1 Å². The number of aromatic hydroxyl groups is 3. The lowest BCUT2D eigenvalue weighted by Crippen LogP contribution is -2.69. The van der Waals surface area contributed by atoms with Gasteiger partial charge in [0.25, 0.3) is 0 Å². The molecule has 6 N–H and O–H groups in total. The van der Waals surface area contributed by atoms with Gasteiger partial charge in [0, 0.05) is 66.4 Å². The van der Waals surface area contributed by atoms with Crippen LogP contribution in [0.5, 0.6) is 28.7 Å². The SMILES string of the molecule is COc1cc2c(cc1O)C1CC(O)C3Cc4cc(O)c5cc4C4CC(CC(OC(C)=O)C(C2)C1(c1ccc2ccccc2c1)C43)OC(=O)C12c3ccc4cc(O)cc(c4c3)-c3cccc(c3)CNCC3C#CC4C6C(CC(CCC1C6CSSC(O)CO5)C42)SSCc1ccccc1C3. The number of phenolic OH excluding ortho intramolecular Hbond substituents is 3. The van der Waals surface area contributed by atoms with E-state index >= 15 is 4.79 Å². The molecule has 99 heavy (non-hydrogen) atoms. The maximum atomic E-state index is 18.2. The fourth-order valence-corrected chi connectivity index (χ4v) is 27.5. The van der Waals surface area contributed by atoms with Crippen molar-refractivity contribution in [1.82, 2.24) is 5.32 Å². The zero-order valence-electron chi connectivity index (χ0n) is 55.4. The Labute approximate surface area is 593 Å². The summed E-state index contributed by atoms with van der Waals surface area (Å²) in [5.74, 6) is 6.60. The van der Waals surface area contributed by atoms with Crippen LogP contribution in [0.2, 0.25) is 0 Å². The first kappa shape index (κ1) is 64.2. The Morgan fingerprint density at radius 2 is 1.53 bits per heavy atom. The fourth-order valence-electron chi connectivity index (χ4n) is 22.0. The van der Waals surface area contributed by atoms with Crippen molar-refractivity contribution in [2.24, 2.45) is 59.2 Å². The third kappa shape index (κ3) is 10.5. The van der Waals surface area contributed by atoms with Crippen LogP contribution < -0.4 is 14.8 Å². The molecule has 10 aliphatic rings. The Hall–Kier alpha value is -6.94. The van der Waals surface area contributed by atoms with Crippen molar-refractivity contribution < 1.29 is 54.1 Å². The molecule has 0 saturated heterocycles. The van der Waals surface area contributed by atoms with Crippen LogP contribution in [0.25, 0.3) is 32.7 Å². The Morgan fingerprint density at radius 1 is 0.697 bits per heavy atom. The molecule has 508 valence electrons. The van der Waals surface area contributed by atoms with Crippen molar-refractivity contribution in [3.05, 3.63) is 196 Å². The zero-order valence-corrected chi connectivity index (χ0v) is 58.7. The van der Waals surface area contributed by atoms with Crippen molar-refractivity contribution in [1.29, 1.82) is 0 Å². The van der Waals surface area contributed by atoms with Crippen LogP contribution in [-0.2, 0) is 61.5 Å². The maximum Gasteiger partial charge on any atom is 0.317 e. The summed E-state index contributed by atoms with van der Waals surface area (Å²) in [6.45, 7) is 2.64. The Bertz CT molecular complexity index is 4650. The van der Waals surface area contributed by atoms with Crippen LogP contribution in [0, 0.1) is 71.0 Å². The molecule has 19 unspecified atom stereocenters. The number of fused-ring (bicyclic) bond motifs is 11. The highest BCUT2D eigenvalue weighted by atomic mass is 33.1. The van der Waals surface area contributed by atoms with Crippen LogP contribution in [-0.4, -0.2) is 92.5 Å². The number of hydrogen-bond donors (Lipinski definition) is 6. The number of hydrogen-bond acceptors (Lipinski definition) is 16. The number of carbonyl (C=O) groups is 2. The number of benzene rings is 8. The van der Waals surface area contributed by atoms with Crippen molar-refractivity contribution in [2.45, 2.75) is 129 Å². The number of esters is 2. The minimum absolute atomic E-state index is 0.000901. The van der Waals surface area contributed by atoms with Gasteiger partial charge in [-0.1, -0.05) is 152 Å². The topological polar surface area (TPSA) is 184 Å². The van der Waals surface area contributed by atoms with Gasteiger partial charge in [-0.25, -0.2) is 0 Å². The number of rotatable bonds is 3. The van der Waals surface area contributed by atoms with Crippen LogP contribution in [0.15, 0.2) is 146 Å². The van der Waals surface area contributed by atoms with E-state index in [2.05, 4.69) is 120 Å². The smallest absolute Gasteiger partial charge is 0.317 e. The van der Waals surface area contributed by atoms with E-state index < -0.39 is 70.1 Å². The molecule has 5 saturated carbocycles. The number of phenols is 3. The molecule has 7 aliphatic carbocycles. The highest BCUT2D eigenvalue weighted by Gasteiger charge is 2.72. The lowest BCUT2D eigenvalue weighted by atomic mass is 9.38. The fraction of sp³-hybridized carbons (Fsp3) is 0.422. The number of aliphatic hydroxyl groups excluding tert-OH is 2. The van der Waals surface area contributed by atoms with E-state index in [1.807, 2.05) is 58.0 Å². The summed E-state index contributed by atoms with van der Waals surface area (Å²) in [6.07, 6.45) is 2.30. The van der Waals surface area contributed by atoms with Crippen molar-refractivity contribution in [2.75, 3.05) is 26.0 Å². The summed E-state index contributed by atoms with van der Waals surface area (Å²) in [4.78, 5) is 32.6. The quantitative estimate of drug-likeness (QED) is 0.0557. The standard InChI is InChI=1S/C83H81NO11S4/c1-43(85)94-73-34-58-33-64-62-36-75(71(88)28-53(62)26-65-70(87)37-68-63-35-72(89)74(92-2)29-54(63)27-69(73)82(68,80(64)65)55-18-15-46-9-3-4-11-48(46)24-55)93-40-77(90)99-97-42-66-67-21-17-51-30-76-78(66)59-20-14-45(22-47-10-5-6-12-52(47)41-96-98-76)39-84-38-44-8-7-13-49(23-44)61-32-57(86)25-50-16-19-56(31-60(50)61)83(67,79(51)59)81(91)95-58/h3-13,15-16,18-19,23-25,28-29,31-32,35-36,45,51,58-59,64-70,73,76-80,84,86-90H,17,21-22,26-27,30,33-34,37-42H2,1-2H3. The Morgan fingerprint density at radius 3 is 2.39 bits per heavy atom. The normalized spacial score (nSPS) is 34.0. The van der Waals surface area contributed by atoms with Gasteiger partial charge in [-0.2, -0.15) is 0 Å². The number of ether oxygens (including phenoxy) is 4. The van der Waals surface area contributed by atoms with Gasteiger partial charge in [0.15, 0.2) is 23.0 Å². The van der Waals surface area contributed by atoms with Crippen LogP contribution in [0.4, 0.5) is 0 Å². The molecular formula is C83H81NO11S4. The summed E-state index contributed by atoms with van der Waals surface area (Å²) in [5.41, 5.74) is 7.88. The minimum atomic E-state index is -1.29. The van der Waals surface area contributed by atoms with Crippen LogP contribution in [0.1, 0.15) is 107 Å². The summed E-state index contributed by atoms with van der Waals surface area (Å²) < 4.78 is 27.5. The van der Waals surface area contributed by atoms with Gasteiger partial charge in [-0.15, -0.1) is 0 Å². The van der Waals surface area contributed by atoms with E-state index in [0.717, 1.165) is 103 Å². The minimum Gasteiger partial charge on any atom is -0.508 e. The van der Waals surface area contributed by atoms with Crippen molar-refractivity contribution in [3.8, 4) is 51.7 Å². The van der Waals surface area contributed by atoms with Gasteiger partial charge in [0.2, 0.25) is 0 Å². The third-order valence-electron chi connectivity index (χ3n) is 25.5. The average Bonchev–Trinajstić information content (AvgIpc) is 0.706. The number of nitrogens with one attached hydrogen (secondary N) is 1. The van der Waals surface area contributed by atoms with Crippen LogP contribution >= 0.6 is 43.2 Å². The molecule has 0 amide bonds. The third-order valence-corrected chi connectivity index (χ3v) is 30.8. The highest BCUT2D eigenvalue weighted by Crippen LogP contribution is 2.72. The highest BCUT2D eigenvalue weighted by molar-refractivity contribution is 8.77. The second-order valence-electron chi connectivity index (χ2n) is 30.2. The molecule has 12 nitrogen and oxygen atoms in total. The maximum absolute atomic E-state index is 18.2. The van der Waals surface area contributed by atoms with E-state index in [0.29, 0.717) is 43.9 Å². The first-order chi connectivity index (χ1) is 48.2. The van der Waals surface area contributed by atoms with Gasteiger partial charge >= 0.3 is 11.9 Å². The second-order valence-corrected chi connectivity index (χ2v) is 35.4. The second kappa shape index (κ2) is 25.2. The van der Waals surface area contributed by atoms with Gasteiger partial charge < -0.3 is 49.8 Å². The average molecular weight is 1400 g/mol. The molecule has 16 heteroatoms. The van der Waals surface area contributed by atoms with Gasteiger partial charge in [-0.05, 0) is 236 Å². The number of carbonyl (C=O) groups excluding carboxylic acids is 2. The number of methoxy groups -OCH3 is 1. The molecule has 0 radical (unpaired) electrons.